The molecule has 1 aliphatic carbocycles. The maximum absolute atomic E-state index is 11.6. The van der Waals surface area contributed by atoms with Gasteiger partial charge < -0.3 is 9.80 Å². The lowest BCUT2D eigenvalue weighted by molar-refractivity contribution is -0.128. The van der Waals surface area contributed by atoms with E-state index in [1.165, 1.54) is 18.4 Å². The van der Waals surface area contributed by atoms with E-state index in [0.717, 1.165) is 24.4 Å². The molecule has 1 aromatic heterocycles. The number of halogens is 1. The SMILES string of the molecule is N#Cc1cc2c(nc1N1CCN(C(=O)CCl)CC1)CCCC2. The Kier molecular flexibility index (Phi) is 4.49. The second kappa shape index (κ2) is 6.53. The summed E-state index contributed by atoms with van der Waals surface area (Å²) < 4.78 is 0. The number of aromatic nitrogens is 1. The van der Waals surface area contributed by atoms with Crippen LogP contribution in [0.4, 0.5) is 5.82 Å². The van der Waals surface area contributed by atoms with Gasteiger partial charge in [0, 0.05) is 31.9 Å². The first-order valence-electron chi connectivity index (χ1n) is 7.74. The number of piperazine rings is 1. The summed E-state index contributed by atoms with van der Waals surface area (Å²) in [6.07, 6.45) is 4.37. The standard InChI is InChI=1S/C16H19ClN4O/c17-10-15(22)20-5-7-21(8-6-20)16-13(11-18)9-12-3-1-2-4-14(12)19-16/h9H,1-8,10H2. The van der Waals surface area contributed by atoms with Crippen LogP contribution in [0.3, 0.4) is 0 Å². The average Bonchev–Trinajstić information content (AvgIpc) is 2.60. The zero-order valence-electron chi connectivity index (χ0n) is 12.5. The van der Waals surface area contributed by atoms with E-state index in [2.05, 4.69) is 11.0 Å². The van der Waals surface area contributed by atoms with Crippen molar-refractivity contribution >= 4 is 23.3 Å². The van der Waals surface area contributed by atoms with Gasteiger partial charge >= 0.3 is 0 Å². The van der Waals surface area contributed by atoms with Crippen LogP contribution in [0.25, 0.3) is 0 Å². The predicted octanol–water partition coefficient (Wildman–Crippen LogP) is 1.72. The van der Waals surface area contributed by atoms with Crippen LogP contribution in [0.1, 0.15) is 29.7 Å². The van der Waals surface area contributed by atoms with Crippen LogP contribution in [0, 0.1) is 11.3 Å². The summed E-state index contributed by atoms with van der Waals surface area (Å²) >= 11 is 5.61. The van der Waals surface area contributed by atoms with E-state index in [4.69, 9.17) is 16.6 Å². The Morgan fingerprint density at radius 1 is 1.27 bits per heavy atom. The average molecular weight is 319 g/mol. The summed E-state index contributed by atoms with van der Waals surface area (Å²) in [5, 5.41) is 9.43. The summed E-state index contributed by atoms with van der Waals surface area (Å²) in [6.45, 7) is 2.66. The third kappa shape index (κ3) is 2.89. The Labute approximate surface area is 135 Å². The first-order chi connectivity index (χ1) is 10.7. The van der Waals surface area contributed by atoms with Gasteiger partial charge in [-0.15, -0.1) is 11.6 Å². The molecular weight excluding hydrogens is 300 g/mol. The zero-order valence-corrected chi connectivity index (χ0v) is 13.3. The van der Waals surface area contributed by atoms with E-state index in [9.17, 15) is 10.1 Å². The van der Waals surface area contributed by atoms with Gasteiger partial charge in [-0.3, -0.25) is 4.79 Å². The fraction of sp³-hybridized carbons (Fsp3) is 0.562. The molecule has 116 valence electrons. The lowest BCUT2D eigenvalue weighted by Crippen LogP contribution is -2.49. The molecule has 1 aliphatic heterocycles. The maximum atomic E-state index is 11.6. The molecule has 0 spiro atoms. The molecule has 6 heteroatoms. The van der Waals surface area contributed by atoms with Crippen LogP contribution >= 0.6 is 11.6 Å². The van der Waals surface area contributed by atoms with Crippen molar-refractivity contribution in [3.63, 3.8) is 0 Å². The largest absolute Gasteiger partial charge is 0.352 e. The number of nitrogens with zero attached hydrogens (tertiary/aromatic N) is 4. The number of pyridine rings is 1. The molecule has 1 amide bonds. The third-order valence-corrected chi connectivity index (χ3v) is 4.68. The molecule has 2 aliphatic rings. The summed E-state index contributed by atoms with van der Waals surface area (Å²) in [5.74, 6) is 0.780. The van der Waals surface area contributed by atoms with Gasteiger partial charge in [-0.05, 0) is 37.3 Å². The normalized spacial score (nSPS) is 17.8. The van der Waals surface area contributed by atoms with Gasteiger partial charge in [0.1, 0.15) is 17.8 Å². The molecule has 0 atom stereocenters. The highest BCUT2D eigenvalue weighted by molar-refractivity contribution is 6.27. The van der Waals surface area contributed by atoms with Crippen LogP contribution in [-0.4, -0.2) is 47.9 Å². The van der Waals surface area contributed by atoms with Gasteiger partial charge in [0.15, 0.2) is 0 Å². The van der Waals surface area contributed by atoms with Crippen molar-refractivity contribution in [2.24, 2.45) is 0 Å². The monoisotopic (exact) mass is 318 g/mol. The molecule has 0 saturated carbocycles. The Bertz CT molecular complexity index is 617. The number of fused-ring (bicyclic) bond motifs is 1. The van der Waals surface area contributed by atoms with Gasteiger partial charge in [-0.2, -0.15) is 5.26 Å². The second-order valence-corrected chi connectivity index (χ2v) is 6.05. The quantitative estimate of drug-likeness (QED) is 0.779. The highest BCUT2D eigenvalue weighted by atomic mass is 35.5. The van der Waals surface area contributed by atoms with Gasteiger partial charge in [-0.25, -0.2) is 4.98 Å². The van der Waals surface area contributed by atoms with E-state index < -0.39 is 0 Å². The van der Waals surface area contributed by atoms with Crippen LogP contribution in [0.15, 0.2) is 6.07 Å². The van der Waals surface area contributed by atoms with E-state index in [-0.39, 0.29) is 11.8 Å². The number of aryl methyl sites for hydroxylation is 2. The summed E-state index contributed by atoms with van der Waals surface area (Å²) in [5.41, 5.74) is 3.01. The fourth-order valence-corrected chi connectivity index (χ4v) is 3.37. The van der Waals surface area contributed by atoms with E-state index in [1.807, 2.05) is 6.07 Å². The minimum atomic E-state index is -0.0276. The lowest BCUT2D eigenvalue weighted by Gasteiger charge is -2.36. The number of amides is 1. The molecule has 0 bridgehead atoms. The first kappa shape index (κ1) is 15.1. The summed E-state index contributed by atoms with van der Waals surface area (Å²) in [4.78, 5) is 20.3. The summed E-state index contributed by atoms with van der Waals surface area (Å²) in [6, 6.07) is 4.29. The lowest BCUT2D eigenvalue weighted by atomic mass is 9.95. The number of carbonyl (C=O) groups excluding carboxylic acids is 1. The molecule has 22 heavy (non-hydrogen) atoms. The number of hydrogen-bond donors (Lipinski definition) is 0. The Morgan fingerprint density at radius 2 is 2.00 bits per heavy atom. The Morgan fingerprint density at radius 3 is 2.68 bits per heavy atom. The number of alkyl halides is 1. The Hall–Kier alpha value is -1.80. The molecule has 0 N–H and O–H groups in total. The van der Waals surface area contributed by atoms with Crippen molar-refractivity contribution < 1.29 is 4.79 Å². The molecule has 0 unspecified atom stereocenters. The van der Waals surface area contributed by atoms with Gasteiger partial charge in [0.05, 0.1) is 5.56 Å². The maximum Gasteiger partial charge on any atom is 0.237 e. The smallest absolute Gasteiger partial charge is 0.237 e. The van der Waals surface area contributed by atoms with E-state index >= 15 is 0 Å². The highest BCUT2D eigenvalue weighted by Crippen LogP contribution is 2.27. The second-order valence-electron chi connectivity index (χ2n) is 5.79. The molecular formula is C16H19ClN4O. The molecule has 1 saturated heterocycles. The highest BCUT2D eigenvalue weighted by Gasteiger charge is 2.24. The van der Waals surface area contributed by atoms with Crippen LogP contribution in [0.2, 0.25) is 0 Å². The third-order valence-electron chi connectivity index (χ3n) is 4.45. The molecule has 1 fully saturated rings. The summed E-state index contributed by atoms with van der Waals surface area (Å²) in [7, 11) is 0. The van der Waals surface area contributed by atoms with Gasteiger partial charge in [0.2, 0.25) is 5.91 Å². The molecule has 0 aromatic carbocycles. The van der Waals surface area contributed by atoms with Crippen LogP contribution in [-0.2, 0) is 17.6 Å². The molecule has 0 radical (unpaired) electrons. The fourth-order valence-electron chi connectivity index (χ4n) is 3.20. The number of carbonyl (C=O) groups is 1. The van der Waals surface area contributed by atoms with Gasteiger partial charge in [-0.1, -0.05) is 0 Å². The molecule has 5 nitrogen and oxygen atoms in total. The van der Waals surface area contributed by atoms with Crippen molar-refractivity contribution in [3.05, 3.63) is 22.9 Å². The molecule has 3 rings (SSSR count). The van der Waals surface area contributed by atoms with Crippen molar-refractivity contribution in [1.29, 1.82) is 5.26 Å². The number of hydrogen-bond acceptors (Lipinski definition) is 4. The van der Waals surface area contributed by atoms with Crippen molar-refractivity contribution in [2.45, 2.75) is 25.7 Å². The van der Waals surface area contributed by atoms with Crippen molar-refractivity contribution in [1.82, 2.24) is 9.88 Å². The van der Waals surface area contributed by atoms with Crippen LogP contribution < -0.4 is 4.90 Å². The minimum absolute atomic E-state index is 0.0276. The molecule has 2 heterocycles. The van der Waals surface area contributed by atoms with Crippen molar-refractivity contribution in [3.8, 4) is 6.07 Å². The Balaban J connectivity index is 1.80. The minimum Gasteiger partial charge on any atom is -0.352 e. The number of anilines is 1. The molecule has 1 aromatic rings. The topological polar surface area (TPSA) is 60.2 Å². The number of nitriles is 1. The predicted molar refractivity (Wildman–Crippen MR) is 85.1 cm³/mol. The first-order valence-corrected chi connectivity index (χ1v) is 8.28. The van der Waals surface area contributed by atoms with E-state index in [1.54, 1.807) is 4.90 Å². The van der Waals surface area contributed by atoms with Crippen molar-refractivity contribution in [2.75, 3.05) is 37.0 Å². The van der Waals surface area contributed by atoms with Crippen LogP contribution in [0.5, 0.6) is 0 Å². The van der Waals surface area contributed by atoms with Gasteiger partial charge in [0.25, 0.3) is 0 Å². The number of rotatable bonds is 2. The van der Waals surface area contributed by atoms with E-state index in [0.29, 0.717) is 31.7 Å². The zero-order chi connectivity index (χ0) is 15.5.